The van der Waals surface area contributed by atoms with Gasteiger partial charge in [0, 0.05) is 5.92 Å². The number of carbonyl (C=O) groups excluding carboxylic acids is 2. The van der Waals surface area contributed by atoms with Crippen molar-refractivity contribution in [2.75, 3.05) is 25.0 Å². The van der Waals surface area contributed by atoms with Crippen molar-refractivity contribution in [2.45, 2.75) is 19.5 Å². The Morgan fingerprint density at radius 2 is 1.96 bits per heavy atom. The van der Waals surface area contributed by atoms with Crippen molar-refractivity contribution in [1.82, 2.24) is 4.90 Å². The van der Waals surface area contributed by atoms with Gasteiger partial charge in [-0.3, -0.25) is 14.5 Å². The quantitative estimate of drug-likeness (QED) is 0.828. The standard InChI is InChI=1S/C15H19F2N3O3/c16-15(17)23-12-4-2-1-3-11(12)19-13(21)9-20-7-5-10(6-8-20)14(18)22/h1-4,10,15H,5-9H2,(H2,18,22)(H,19,21). The van der Waals surface area contributed by atoms with Crippen LogP contribution in [0.5, 0.6) is 5.75 Å². The molecular weight excluding hydrogens is 308 g/mol. The van der Waals surface area contributed by atoms with Gasteiger partial charge in [-0.05, 0) is 38.1 Å². The lowest BCUT2D eigenvalue weighted by Gasteiger charge is -2.29. The smallest absolute Gasteiger partial charge is 0.387 e. The van der Waals surface area contributed by atoms with Crippen molar-refractivity contribution >= 4 is 17.5 Å². The number of likely N-dealkylation sites (tertiary alicyclic amines) is 1. The van der Waals surface area contributed by atoms with E-state index in [9.17, 15) is 18.4 Å². The fourth-order valence-corrected chi connectivity index (χ4v) is 2.54. The number of para-hydroxylation sites is 2. The average Bonchev–Trinajstić information content (AvgIpc) is 2.49. The Labute approximate surface area is 132 Å². The molecule has 8 heteroatoms. The van der Waals surface area contributed by atoms with Gasteiger partial charge in [0.05, 0.1) is 12.2 Å². The number of carbonyl (C=O) groups is 2. The molecular formula is C15H19F2N3O3. The predicted octanol–water partition coefficient (Wildman–Crippen LogP) is 1.42. The first-order valence-corrected chi connectivity index (χ1v) is 7.31. The number of rotatable bonds is 6. The molecule has 2 amide bonds. The van der Waals surface area contributed by atoms with Crippen molar-refractivity contribution in [3.05, 3.63) is 24.3 Å². The SMILES string of the molecule is NC(=O)C1CCN(CC(=O)Nc2ccccc2OC(F)F)CC1. The van der Waals surface area contributed by atoms with Gasteiger partial charge in [0.2, 0.25) is 11.8 Å². The minimum Gasteiger partial charge on any atom is -0.433 e. The number of anilines is 1. The number of nitrogens with two attached hydrogens (primary N) is 1. The molecule has 23 heavy (non-hydrogen) atoms. The van der Waals surface area contributed by atoms with E-state index in [4.69, 9.17) is 5.73 Å². The summed E-state index contributed by atoms with van der Waals surface area (Å²) in [7, 11) is 0. The molecule has 1 aromatic rings. The molecule has 0 aliphatic carbocycles. The van der Waals surface area contributed by atoms with E-state index in [1.807, 2.05) is 4.90 Å². The fourth-order valence-electron chi connectivity index (χ4n) is 2.54. The Morgan fingerprint density at radius 1 is 1.30 bits per heavy atom. The lowest BCUT2D eigenvalue weighted by molar-refractivity contribution is -0.123. The second kappa shape index (κ2) is 7.87. The van der Waals surface area contributed by atoms with Crippen LogP contribution in [0.2, 0.25) is 0 Å². The second-order valence-electron chi connectivity index (χ2n) is 5.38. The second-order valence-corrected chi connectivity index (χ2v) is 5.38. The summed E-state index contributed by atoms with van der Waals surface area (Å²) in [5.41, 5.74) is 5.46. The number of nitrogens with one attached hydrogen (secondary N) is 1. The minimum atomic E-state index is -2.96. The van der Waals surface area contributed by atoms with Gasteiger partial charge >= 0.3 is 6.61 Å². The molecule has 1 aromatic carbocycles. The van der Waals surface area contributed by atoms with E-state index in [1.165, 1.54) is 12.1 Å². The summed E-state index contributed by atoms with van der Waals surface area (Å²) in [6.07, 6.45) is 1.24. The van der Waals surface area contributed by atoms with E-state index >= 15 is 0 Å². The summed E-state index contributed by atoms with van der Waals surface area (Å²) in [5.74, 6) is -0.863. The Morgan fingerprint density at radius 3 is 2.57 bits per heavy atom. The van der Waals surface area contributed by atoms with Gasteiger partial charge in [0.15, 0.2) is 0 Å². The average molecular weight is 327 g/mol. The molecule has 0 radical (unpaired) electrons. The largest absolute Gasteiger partial charge is 0.433 e. The van der Waals surface area contributed by atoms with Crippen LogP contribution in [0.4, 0.5) is 14.5 Å². The zero-order valence-corrected chi connectivity index (χ0v) is 12.5. The summed E-state index contributed by atoms with van der Waals surface area (Å²) in [5, 5.41) is 2.57. The van der Waals surface area contributed by atoms with Crippen molar-refractivity contribution < 1.29 is 23.1 Å². The number of nitrogens with zero attached hydrogens (tertiary/aromatic N) is 1. The number of primary amides is 1. The minimum absolute atomic E-state index is 0.0803. The van der Waals surface area contributed by atoms with Crippen LogP contribution in [0.3, 0.4) is 0 Å². The van der Waals surface area contributed by atoms with E-state index in [0.29, 0.717) is 25.9 Å². The van der Waals surface area contributed by atoms with Crippen LogP contribution in [0.15, 0.2) is 24.3 Å². The zero-order chi connectivity index (χ0) is 16.8. The molecule has 1 heterocycles. The maximum atomic E-state index is 12.3. The molecule has 3 N–H and O–H groups in total. The van der Waals surface area contributed by atoms with Crippen LogP contribution in [-0.2, 0) is 9.59 Å². The highest BCUT2D eigenvalue weighted by atomic mass is 19.3. The molecule has 0 atom stereocenters. The number of amides is 2. The monoisotopic (exact) mass is 327 g/mol. The highest BCUT2D eigenvalue weighted by Gasteiger charge is 2.24. The zero-order valence-electron chi connectivity index (χ0n) is 12.5. The van der Waals surface area contributed by atoms with Crippen LogP contribution in [-0.4, -0.2) is 43.0 Å². The van der Waals surface area contributed by atoms with E-state index in [-0.39, 0.29) is 35.7 Å². The number of hydrogen-bond donors (Lipinski definition) is 2. The van der Waals surface area contributed by atoms with Gasteiger partial charge in [0.25, 0.3) is 0 Å². The van der Waals surface area contributed by atoms with Crippen LogP contribution < -0.4 is 15.8 Å². The number of alkyl halides is 2. The van der Waals surface area contributed by atoms with Crippen LogP contribution in [0.1, 0.15) is 12.8 Å². The lowest BCUT2D eigenvalue weighted by Crippen LogP contribution is -2.42. The van der Waals surface area contributed by atoms with Gasteiger partial charge in [-0.25, -0.2) is 0 Å². The van der Waals surface area contributed by atoms with Crippen molar-refractivity contribution in [1.29, 1.82) is 0 Å². The first kappa shape index (κ1) is 17.1. The van der Waals surface area contributed by atoms with Gasteiger partial charge in [0.1, 0.15) is 5.75 Å². The number of hydrogen-bond acceptors (Lipinski definition) is 4. The van der Waals surface area contributed by atoms with Crippen molar-refractivity contribution in [2.24, 2.45) is 11.7 Å². The van der Waals surface area contributed by atoms with Gasteiger partial charge in [-0.2, -0.15) is 8.78 Å². The molecule has 0 bridgehead atoms. The summed E-state index contributed by atoms with van der Waals surface area (Å²) >= 11 is 0. The molecule has 0 aromatic heterocycles. The molecule has 1 aliphatic heterocycles. The summed E-state index contributed by atoms with van der Waals surface area (Å²) in [4.78, 5) is 25.0. The van der Waals surface area contributed by atoms with Crippen LogP contribution in [0, 0.1) is 5.92 Å². The molecule has 1 fully saturated rings. The van der Waals surface area contributed by atoms with Gasteiger partial charge in [-0.15, -0.1) is 0 Å². The molecule has 0 saturated carbocycles. The van der Waals surface area contributed by atoms with Gasteiger partial charge < -0.3 is 15.8 Å². The number of halogens is 2. The van der Waals surface area contributed by atoms with E-state index in [2.05, 4.69) is 10.1 Å². The number of benzene rings is 1. The van der Waals surface area contributed by atoms with Gasteiger partial charge in [-0.1, -0.05) is 12.1 Å². The molecule has 1 saturated heterocycles. The Kier molecular flexibility index (Phi) is 5.86. The van der Waals surface area contributed by atoms with E-state index in [1.54, 1.807) is 12.1 Å². The maximum absolute atomic E-state index is 12.3. The lowest BCUT2D eigenvalue weighted by atomic mass is 9.96. The molecule has 1 aliphatic rings. The van der Waals surface area contributed by atoms with E-state index < -0.39 is 6.61 Å². The van der Waals surface area contributed by atoms with E-state index in [0.717, 1.165) is 0 Å². The fraction of sp³-hybridized carbons (Fsp3) is 0.467. The maximum Gasteiger partial charge on any atom is 0.387 e. The normalized spacial score (nSPS) is 16.3. The first-order chi connectivity index (χ1) is 11.0. The van der Waals surface area contributed by atoms with Crippen molar-refractivity contribution in [3.63, 3.8) is 0 Å². The Hall–Kier alpha value is -2.22. The highest BCUT2D eigenvalue weighted by Crippen LogP contribution is 2.25. The third kappa shape index (κ3) is 5.17. The highest BCUT2D eigenvalue weighted by molar-refractivity contribution is 5.93. The molecule has 2 rings (SSSR count). The Balaban J connectivity index is 1.87. The number of ether oxygens (including phenoxy) is 1. The molecule has 6 nitrogen and oxygen atoms in total. The third-order valence-electron chi connectivity index (χ3n) is 3.73. The number of piperidine rings is 1. The van der Waals surface area contributed by atoms with Crippen LogP contribution >= 0.6 is 0 Å². The summed E-state index contributed by atoms with van der Waals surface area (Å²) in [6.45, 7) is -1.65. The summed E-state index contributed by atoms with van der Waals surface area (Å²) < 4.78 is 29.0. The molecule has 0 unspecified atom stereocenters. The molecule has 0 spiro atoms. The Bertz CT molecular complexity index is 561. The summed E-state index contributed by atoms with van der Waals surface area (Å²) in [6, 6.07) is 6.02. The predicted molar refractivity (Wildman–Crippen MR) is 80.1 cm³/mol. The first-order valence-electron chi connectivity index (χ1n) is 7.31. The topological polar surface area (TPSA) is 84.7 Å². The van der Waals surface area contributed by atoms with Crippen molar-refractivity contribution in [3.8, 4) is 5.75 Å². The third-order valence-corrected chi connectivity index (χ3v) is 3.73. The van der Waals surface area contributed by atoms with Crippen LogP contribution in [0.25, 0.3) is 0 Å². The molecule has 126 valence electrons.